The third kappa shape index (κ3) is 2.44. The average Bonchev–Trinajstić information content (AvgIpc) is 3.14. The van der Waals surface area contributed by atoms with E-state index in [1.807, 2.05) is 0 Å². The Morgan fingerprint density at radius 2 is 1.84 bits per heavy atom. The van der Waals surface area contributed by atoms with Crippen molar-refractivity contribution in [3.05, 3.63) is 60.4 Å². The van der Waals surface area contributed by atoms with Crippen LogP contribution in [0, 0.1) is 0 Å². The molecule has 0 bridgehead atoms. The molecule has 0 aromatic carbocycles. The molecule has 0 aliphatic carbocycles. The molecule has 0 aliphatic rings. The summed E-state index contributed by atoms with van der Waals surface area (Å²) in [5, 5.41) is 2.70. The summed E-state index contributed by atoms with van der Waals surface area (Å²) in [6.07, 6.45) is 3.11. The Hall–Kier alpha value is -2.69. The van der Waals surface area contributed by atoms with Crippen molar-refractivity contribution < 1.29 is 18.0 Å². The molecule has 0 saturated carbocycles. The highest BCUT2D eigenvalue weighted by Gasteiger charge is 2.13. The molecule has 3 rings (SSSR count). The van der Waals surface area contributed by atoms with Crippen molar-refractivity contribution in [2.24, 2.45) is 0 Å². The number of rotatable bonds is 4. The van der Waals surface area contributed by atoms with Crippen LogP contribution in [0.2, 0.25) is 0 Å². The molecule has 3 heterocycles. The molecule has 0 atom stereocenters. The SMILES string of the molecule is O=C(NCc1ccco1)c1ccc(-c2ccco2)o1. The van der Waals surface area contributed by atoms with Gasteiger partial charge >= 0.3 is 0 Å². The van der Waals surface area contributed by atoms with Gasteiger partial charge in [-0.3, -0.25) is 4.79 Å². The van der Waals surface area contributed by atoms with Crippen molar-refractivity contribution in [2.45, 2.75) is 6.54 Å². The van der Waals surface area contributed by atoms with Gasteiger partial charge in [-0.15, -0.1) is 0 Å². The van der Waals surface area contributed by atoms with Crippen LogP contribution < -0.4 is 5.32 Å². The molecule has 0 spiro atoms. The van der Waals surface area contributed by atoms with Crippen molar-refractivity contribution in [1.82, 2.24) is 5.32 Å². The van der Waals surface area contributed by atoms with E-state index >= 15 is 0 Å². The third-order valence-corrected chi connectivity index (χ3v) is 2.60. The average molecular weight is 257 g/mol. The maximum absolute atomic E-state index is 11.8. The number of furan rings is 3. The molecule has 0 saturated heterocycles. The second-order valence-electron chi connectivity index (χ2n) is 3.90. The number of hydrogen-bond donors (Lipinski definition) is 1. The van der Waals surface area contributed by atoms with Crippen LogP contribution in [0.25, 0.3) is 11.5 Å². The summed E-state index contributed by atoms with van der Waals surface area (Å²) in [6.45, 7) is 0.322. The standard InChI is InChI=1S/C14H11NO4/c16-14(15-9-10-3-1-7-17-10)13-6-5-12(19-13)11-4-2-8-18-11/h1-8H,9H2,(H,15,16). The van der Waals surface area contributed by atoms with E-state index in [-0.39, 0.29) is 11.7 Å². The van der Waals surface area contributed by atoms with E-state index in [9.17, 15) is 4.79 Å². The molecule has 0 radical (unpaired) electrons. The van der Waals surface area contributed by atoms with Gasteiger partial charge in [-0.25, -0.2) is 0 Å². The van der Waals surface area contributed by atoms with Crippen LogP contribution in [0.3, 0.4) is 0 Å². The number of nitrogens with one attached hydrogen (secondary N) is 1. The topological polar surface area (TPSA) is 68.5 Å². The Morgan fingerprint density at radius 1 is 1.00 bits per heavy atom. The van der Waals surface area contributed by atoms with Crippen molar-refractivity contribution in [3.8, 4) is 11.5 Å². The fraction of sp³-hybridized carbons (Fsp3) is 0.0714. The zero-order valence-electron chi connectivity index (χ0n) is 9.96. The van der Waals surface area contributed by atoms with E-state index in [0.29, 0.717) is 23.8 Å². The molecule has 1 N–H and O–H groups in total. The summed E-state index contributed by atoms with van der Waals surface area (Å²) in [7, 11) is 0. The first-order valence-corrected chi connectivity index (χ1v) is 5.77. The van der Waals surface area contributed by atoms with E-state index in [0.717, 1.165) is 0 Å². The maximum atomic E-state index is 11.8. The Kier molecular flexibility index (Phi) is 2.94. The molecule has 0 aliphatic heterocycles. The van der Waals surface area contributed by atoms with Gasteiger partial charge in [-0.1, -0.05) is 0 Å². The largest absolute Gasteiger partial charge is 0.467 e. The number of hydrogen-bond acceptors (Lipinski definition) is 4. The van der Waals surface area contributed by atoms with Crippen LogP contribution >= 0.6 is 0 Å². The summed E-state index contributed by atoms with van der Waals surface area (Å²) in [5.41, 5.74) is 0. The predicted molar refractivity (Wildman–Crippen MR) is 66.3 cm³/mol. The summed E-state index contributed by atoms with van der Waals surface area (Å²) in [6, 6.07) is 10.4. The third-order valence-electron chi connectivity index (χ3n) is 2.60. The number of carbonyl (C=O) groups is 1. The first kappa shape index (κ1) is 11.4. The second-order valence-corrected chi connectivity index (χ2v) is 3.90. The van der Waals surface area contributed by atoms with Crippen molar-refractivity contribution in [1.29, 1.82) is 0 Å². The summed E-state index contributed by atoms with van der Waals surface area (Å²) < 4.78 is 15.7. The van der Waals surface area contributed by atoms with Gasteiger partial charge in [0.1, 0.15) is 5.76 Å². The van der Waals surface area contributed by atoms with E-state index in [1.165, 1.54) is 0 Å². The minimum Gasteiger partial charge on any atom is -0.467 e. The summed E-state index contributed by atoms with van der Waals surface area (Å²) >= 11 is 0. The lowest BCUT2D eigenvalue weighted by atomic mass is 10.3. The monoisotopic (exact) mass is 257 g/mol. The predicted octanol–water partition coefficient (Wildman–Crippen LogP) is 3.06. The molecule has 0 fully saturated rings. The van der Waals surface area contributed by atoms with E-state index in [4.69, 9.17) is 13.3 Å². The lowest BCUT2D eigenvalue weighted by molar-refractivity contribution is 0.0921. The maximum Gasteiger partial charge on any atom is 0.287 e. The summed E-state index contributed by atoms with van der Waals surface area (Å²) in [4.78, 5) is 11.8. The van der Waals surface area contributed by atoms with Gasteiger partial charge in [-0.05, 0) is 36.4 Å². The smallest absolute Gasteiger partial charge is 0.287 e. The highest BCUT2D eigenvalue weighted by Crippen LogP contribution is 2.22. The number of carbonyl (C=O) groups excluding carboxylic acids is 1. The zero-order valence-corrected chi connectivity index (χ0v) is 9.96. The highest BCUT2D eigenvalue weighted by molar-refractivity contribution is 5.91. The van der Waals surface area contributed by atoms with Gasteiger partial charge in [0.25, 0.3) is 5.91 Å². The van der Waals surface area contributed by atoms with Crippen molar-refractivity contribution in [3.63, 3.8) is 0 Å². The van der Waals surface area contributed by atoms with Crippen LogP contribution in [0.1, 0.15) is 16.3 Å². The molecule has 3 aromatic rings. The lowest BCUT2D eigenvalue weighted by Gasteiger charge is -1.99. The Balaban J connectivity index is 1.67. The van der Waals surface area contributed by atoms with E-state index < -0.39 is 0 Å². The molecule has 5 nitrogen and oxygen atoms in total. The van der Waals surface area contributed by atoms with Crippen LogP contribution in [0.5, 0.6) is 0 Å². The van der Waals surface area contributed by atoms with Gasteiger partial charge in [0.2, 0.25) is 0 Å². The van der Waals surface area contributed by atoms with Crippen LogP contribution in [0.15, 0.2) is 62.2 Å². The molecular weight excluding hydrogens is 246 g/mol. The Bertz CT molecular complexity index is 650. The second kappa shape index (κ2) is 4.89. The molecule has 0 unspecified atom stereocenters. The Labute approximate surface area is 108 Å². The molecule has 96 valence electrons. The van der Waals surface area contributed by atoms with Crippen LogP contribution in [-0.2, 0) is 6.54 Å². The first-order chi connectivity index (χ1) is 9.33. The lowest BCUT2D eigenvalue weighted by Crippen LogP contribution is -2.21. The Morgan fingerprint density at radius 3 is 2.58 bits per heavy atom. The number of amides is 1. The first-order valence-electron chi connectivity index (χ1n) is 5.77. The van der Waals surface area contributed by atoms with Gasteiger partial charge < -0.3 is 18.6 Å². The minimum absolute atomic E-state index is 0.234. The molecule has 3 aromatic heterocycles. The van der Waals surface area contributed by atoms with Crippen LogP contribution in [-0.4, -0.2) is 5.91 Å². The fourth-order valence-corrected chi connectivity index (χ4v) is 1.68. The van der Waals surface area contributed by atoms with Crippen LogP contribution in [0.4, 0.5) is 0 Å². The molecule has 19 heavy (non-hydrogen) atoms. The van der Waals surface area contributed by atoms with Crippen molar-refractivity contribution in [2.75, 3.05) is 0 Å². The van der Waals surface area contributed by atoms with Crippen molar-refractivity contribution >= 4 is 5.91 Å². The molecular formula is C14H11NO4. The van der Waals surface area contributed by atoms with Gasteiger partial charge in [0.15, 0.2) is 17.3 Å². The zero-order chi connectivity index (χ0) is 13.1. The highest BCUT2D eigenvalue weighted by atomic mass is 16.4. The fourth-order valence-electron chi connectivity index (χ4n) is 1.68. The quantitative estimate of drug-likeness (QED) is 0.779. The normalized spacial score (nSPS) is 10.5. The minimum atomic E-state index is -0.297. The van der Waals surface area contributed by atoms with E-state index in [1.54, 1.807) is 48.9 Å². The molecule has 1 amide bonds. The van der Waals surface area contributed by atoms with E-state index in [2.05, 4.69) is 5.32 Å². The summed E-state index contributed by atoms with van der Waals surface area (Å²) in [5.74, 6) is 1.73. The van der Waals surface area contributed by atoms with Gasteiger partial charge in [0, 0.05) is 0 Å². The van der Waals surface area contributed by atoms with Gasteiger partial charge in [-0.2, -0.15) is 0 Å². The molecule has 5 heteroatoms. The van der Waals surface area contributed by atoms with Gasteiger partial charge in [0.05, 0.1) is 19.1 Å².